The fraction of sp³-hybridized carbons (Fsp3) is 0.550. The van der Waals surface area contributed by atoms with Crippen molar-refractivity contribution < 1.29 is 4.79 Å². The molecular weight excluding hydrogens is 362 g/mol. The van der Waals surface area contributed by atoms with E-state index in [2.05, 4.69) is 15.6 Å². The normalized spacial score (nSPS) is 17.6. The largest absolute Gasteiger partial charge is 0.342 e. The standard InChI is InChI=1S/C20H27N5O.ClH/c1-15-19(22-23-25(15)18-5-3-2-4-6-18)13-20(26)24-11-9-17(10-12-24)21-14-16-7-8-16;/h2-6,16-17,21H,7-14H2,1H3;1H. The Kier molecular flexibility index (Phi) is 6.50. The van der Waals surface area contributed by atoms with Crippen molar-refractivity contribution in [2.24, 2.45) is 5.92 Å². The van der Waals surface area contributed by atoms with E-state index in [-0.39, 0.29) is 18.3 Å². The van der Waals surface area contributed by atoms with Gasteiger partial charge < -0.3 is 10.2 Å². The Bertz CT molecular complexity index is 751. The highest BCUT2D eigenvalue weighted by atomic mass is 35.5. The number of carbonyl (C=O) groups is 1. The number of benzene rings is 1. The minimum absolute atomic E-state index is 0. The van der Waals surface area contributed by atoms with Gasteiger partial charge in [-0.2, -0.15) is 0 Å². The number of hydrogen-bond acceptors (Lipinski definition) is 4. The first-order chi connectivity index (χ1) is 12.7. The number of para-hydroxylation sites is 1. The SMILES string of the molecule is Cc1c(CC(=O)N2CCC(NCC3CC3)CC2)nnn1-c1ccccc1.Cl. The third-order valence-electron chi connectivity index (χ3n) is 5.55. The number of halogens is 1. The zero-order valence-electron chi connectivity index (χ0n) is 15.8. The second-order valence-electron chi connectivity index (χ2n) is 7.55. The van der Waals surface area contributed by atoms with Gasteiger partial charge in [0.05, 0.1) is 23.5 Å². The van der Waals surface area contributed by atoms with Crippen molar-refractivity contribution in [3.8, 4) is 5.69 Å². The lowest BCUT2D eigenvalue weighted by atomic mass is 10.0. The van der Waals surface area contributed by atoms with Crippen molar-refractivity contribution >= 4 is 18.3 Å². The summed E-state index contributed by atoms with van der Waals surface area (Å²) in [4.78, 5) is 14.7. The zero-order valence-corrected chi connectivity index (χ0v) is 16.6. The molecule has 7 heteroatoms. The second-order valence-corrected chi connectivity index (χ2v) is 7.55. The first kappa shape index (κ1) is 19.8. The van der Waals surface area contributed by atoms with E-state index < -0.39 is 0 Å². The summed E-state index contributed by atoms with van der Waals surface area (Å²) in [5.74, 6) is 1.07. The molecule has 2 aromatic rings. The molecule has 6 nitrogen and oxygen atoms in total. The Labute approximate surface area is 166 Å². The van der Waals surface area contributed by atoms with Crippen LogP contribution in [-0.4, -0.2) is 51.5 Å². The molecule has 27 heavy (non-hydrogen) atoms. The molecule has 0 atom stereocenters. The molecule has 2 heterocycles. The summed E-state index contributed by atoms with van der Waals surface area (Å²) in [5, 5.41) is 12.1. The van der Waals surface area contributed by atoms with Crippen molar-refractivity contribution in [1.82, 2.24) is 25.2 Å². The Hall–Kier alpha value is -1.92. The van der Waals surface area contributed by atoms with Gasteiger partial charge in [0.15, 0.2) is 0 Å². The molecule has 0 bridgehead atoms. The maximum atomic E-state index is 12.7. The van der Waals surface area contributed by atoms with Gasteiger partial charge in [0.25, 0.3) is 0 Å². The van der Waals surface area contributed by atoms with Crippen LogP contribution in [0.3, 0.4) is 0 Å². The molecule has 0 unspecified atom stereocenters. The molecule has 4 rings (SSSR count). The summed E-state index contributed by atoms with van der Waals surface area (Å²) < 4.78 is 1.80. The summed E-state index contributed by atoms with van der Waals surface area (Å²) in [6.07, 6.45) is 5.20. The van der Waals surface area contributed by atoms with Crippen LogP contribution in [0.5, 0.6) is 0 Å². The maximum Gasteiger partial charge on any atom is 0.228 e. The molecule has 1 aromatic heterocycles. The Morgan fingerprint density at radius 1 is 1.15 bits per heavy atom. The molecule has 1 saturated carbocycles. The molecule has 146 valence electrons. The maximum absolute atomic E-state index is 12.7. The summed E-state index contributed by atoms with van der Waals surface area (Å²) in [6, 6.07) is 10.5. The van der Waals surface area contributed by atoms with Gasteiger partial charge in [-0.05, 0) is 57.2 Å². The second kappa shape index (κ2) is 8.85. The Morgan fingerprint density at radius 2 is 1.85 bits per heavy atom. The number of likely N-dealkylation sites (tertiary alicyclic amines) is 1. The van der Waals surface area contributed by atoms with Gasteiger partial charge >= 0.3 is 0 Å². The fourth-order valence-corrected chi connectivity index (χ4v) is 3.58. The van der Waals surface area contributed by atoms with Crippen molar-refractivity contribution in [3.05, 3.63) is 41.7 Å². The molecule has 1 amide bonds. The summed E-state index contributed by atoms with van der Waals surface area (Å²) in [7, 11) is 0. The third-order valence-corrected chi connectivity index (χ3v) is 5.55. The van der Waals surface area contributed by atoms with Gasteiger partial charge in [-0.25, -0.2) is 4.68 Å². The predicted molar refractivity (Wildman–Crippen MR) is 107 cm³/mol. The number of aromatic nitrogens is 3. The number of nitrogens with zero attached hydrogens (tertiary/aromatic N) is 4. The average molecular weight is 390 g/mol. The lowest BCUT2D eigenvalue weighted by Crippen LogP contribution is -2.45. The zero-order chi connectivity index (χ0) is 17.9. The summed E-state index contributed by atoms with van der Waals surface area (Å²) in [6.45, 7) is 4.81. The average Bonchev–Trinajstić information content (AvgIpc) is 3.44. The van der Waals surface area contributed by atoms with E-state index in [0.717, 1.165) is 55.5 Å². The minimum Gasteiger partial charge on any atom is -0.342 e. The smallest absolute Gasteiger partial charge is 0.228 e. The highest BCUT2D eigenvalue weighted by Crippen LogP contribution is 2.28. The third kappa shape index (κ3) is 4.87. The van der Waals surface area contributed by atoms with Crippen LogP contribution in [0.2, 0.25) is 0 Å². The lowest BCUT2D eigenvalue weighted by molar-refractivity contribution is -0.131. The molecule has 1 aliphatic heterocycles. The van der Waals surface area contributed by atoms with E-state index in [1.54, 1.807) is 4.68 Å². The highest BCUT2D eigenvalue weighted by Gasteiger charge is 2.26. The minimum atomic E-state index is 0. The van der Waals surface area contributed by atoms with E-state index in [0.29, 0.717) is 12.5 Å². The number of amides is 1. The highest BCUT2D eigenvalue weighted by molar-refractivity contribution is 5.85. The monoisotopic (exact) mass is 389 g/mol. The predicted octanol–water partition coefficient (Wildman–Crippen LogP) is 2.53. The number of carbonyl (C=O) groups excluding carboxylic acids is 1. The van der Waals surface area contributed by atoms with Gasteiger partial charge in [-0.1, -0.05) is 23.4 Å². The Morgan fingerprint density at radius 3 is 2.52 bits per heavy atom. The van der Waals surface area contributed by atoms with Crippen LogP contribution >= 0.6 is 12.4 Å². The number of nitrogens with one attached hydrogen (secondary N) is 1. The first-order valence-electron chi connectivity index (χ1n) is 9.68. The molecule has 1 aromatic carbocycles. The van der Waals surface area contributed by atoms with Crippen LogP contribution in [0.25, 0.3) is 5.69 Å². The molecule has 1 saturated heterocycles. The molecule has 0 spiro atoms. The van der Waals surface area contributed by atoms with E-state index in [9.17, 15) is 4.79 Å². The molecule has 2 fully saturated rings. The van der Waals surface area contributed by atoms with Crippen LogP contribution in [0, 0.1) is 12.8 Å². The van der Waals surface area contributed by atoms with Gasteiger partial charge in [0.1, 0.15) is 0 Å². The van der Waals surface area contributed by atoms with Crippen molar-refractivity contribution in [1.29, 1.82) is 0 Å². The molecular formula is C20H28ClN5O. The van der Waals surface area contributed by atoms with Crippen LogP contribution < -0.4 is 5.32 Å². The van der Waals surface area contributed by atoms with E-state index in [4.69, 9.17) is 0 Å². The molecule has 1 N–H and O–H groups in total. The summed E-state index contributed by atoms with van der Waals surface area (Å²) in [5.41, 5.74) is 2.68. The van der Waals surface area contributed by atoms with Gasteiger partial charge in [0, 0.05) is 19.1 Å². The van der Waals surface area contributed by atoms with Crippen LogP contribution in [0.1, 0.15) is 37.1 Å². The van der Waals surface area contributed by atoms with Crippen LogP contribution in [-0.2, 0) is 11.2 Å². The number of piperidine rings is 1. The molecule has 2 aliphatic rings. The fourth-order valence-electron chi connectivity index (χ4n) is 3.58. The summed E-state index contributed by atoms with van der Waals surface area (Å²) >= 11 is 0. The van der Waals surface area contributed by atoms with Crippen molar-refractivity contribution in [2.75, 3.05) is 19.6 Å². The van der Waals surface area contributed by atoms with Gasteiger partial charge in [-0.15, -0.1) is 17.5 Å². The van der Waals surface area contributed by atoms with E-state index in [1.807, 2.05) is 42.2 Å². The molecule has 1 aliphatic carbocycles. The van der Waals surface area contributed by atoms with Gasteiger partial charge in [0.2, 0.25) is 5.91 Å². The van der Waals surface area contributed by atoms with Crippen molar-refractivity contribution in [3.63, 3.8) is 0 Å². The quantitative estimate of drug-likeness (QED) is 0.824. The van der Waals surface area contributed by atoms with Gasteiger partial charge in [-0.3, -0.25) is 4.79 Å². The number of hydrogen-bond donors (Lipinski definition) is 1. The Balaban J connectivity index is 0.00000210. The molecule has 0 radical (unpaired) electrons. The van der Waals surface area contributed by atoms with Crippen molar-refractivity contribution in [2.45, 2.75) is 45.1 Å². The number of rotatable bonds is 6. The topological polar surface area (TPSA) is 63.1 Å². The van der Waals surface area contributed by atoms with Crippen LogP contribution in [0.4, 0.5) is 0 Å². The van der Waals surface area contributed by atoms with Crippen LogP contribution in [0.15, 0.2) is 30.3 Å². The first-order valence-corrected chi connectivity index (χ1v) is 9.68. The van der Waals surface area contributed by atoms with E-state index >= 15 is 0 Å². The lowest BCUT2D eigenvalue weighted by Gasteiger charge is -2.32. The van der Waals surface area contributed by atoms with E-state index in [1.165, 1.54) is 12.8 Å².